The molecule has 4 nitrogen and oxygen atoms in total. The van der Waals surface area contributed by atoms with Crippen molar-refractivity contribution in [2.45, 2.75) is 46.7 Å². The van der Waals surface area contributed by atoms with Gasteiger partial charge in [-0.3, -0.25) is 9.48 Å². The summed E-state index contributed by atoms with van der Waals surface area (Å²) in [5, 5.41) is 7.08. The second-order valence-electron chi connectivity index (χ2n) is 3.74. The molecule has 1 aromatic rings. The predicted octanol–water partition coefficient (Wildman–Crippen LogP) is 1.74. The lowest BCUT2D eigenvalue weighted by Gasteiger charge is -2.10. The van der Waals surface area contributed by atoms with Crippen molar-refractivity contribution in [1.29, 1.82) is 0 Å². The summed E-state index contributed by atoms with van der Waals surface area (Å²) < 4.78 is 1.82. The van der Waals surface area contributed by atoms with Crippen LogP contribution in [0.25, 0.3) is 0 Å². The Morgan fingerprint density at radius 1 is 1.60 bits per heavy atom. The molecule has 0 bridgehead atoms. The second-order valence-corrected chi connectivity index (χ2v) is 3.74. The lowest BCUT2D eigenvalue weighted by Crippen LogP contribution is -2.32. The molecule has 1 atom stereocenters. The minimum absolute atomic E-state index is 0.0263. The molecule has 0 aromatic carbocycles. The Bertz CT molecular complexity index is 344. The molecule has 1 aromatic heterocycles. The SMILES string of the molecule is CCC(C)NC(=O)c1cnn(CC)c1C. The van der Waals surface area contributed by atoms with Crippen molar-refractivity contribution in [3.8, 4) is 0 Å². The first kappa shape index (κ1) is 11.8. The number of aromatic nitrogens is 2. The summed E-state index contributed by atoms with van der Waals surface area (Å²) in [6.45, 7) is 8.77. The first-order valence-corrected chi connectivity index (χ1v) is 5.43. The highest BCUT2D eigenvalue weighted by Gasteiger charge is 2.14. The number of aryl methyl sites for hydroxylation is 1. The van der Waals surface area contributed by atoms with Gasteiger partial charge in [-0.1, -0.05) is 6.92 Å². The van der Waals surface area contributed by atoms with E-state index in [0.717, 1.165) is 18.7 Å². The Morgan fingerprint density at radius 3 is 2.73 bits per heavy atom. The number of carbonyl (C=O) groups excluding carboxylic acids is 1. The lowest BCUT2D eigenvalue weighted by molar-refractivity contribution is 0.0938. The van der Waals surface area contributed by atoms with Crippen LogP contribution >= 0.6 is 0 Å². The summed E-state index contributed by atoms with van der Waals surface area (Å²) in [6.07, 6.45) is 2.57. The highest BCUT2D eigenvalue weighted by Crippen LogP contribution is 2.07. The highest BCUT2D eigenvalue weighted by atomic mass is 16.1. The summed E-state index contributed by atoms with van der Waals surface area (Å²) in [6, 6.07) is 0.210. The summed E-state index contributed by atoms with van der Waals surface area (Å²) in [5.41, 5.74) is 1.61. The molecule has 4 heteroatoms. The van der Waals surface area contributed by atoms with E-state index in [1.165, 1.54) is 0 Å². The Morgan fingerprint density at radius 2 is 2.27 bits per heavy atom. The molecule has 0 aliphatic heterocycles. The maximum atomic E-state index is 11.8. The standard InChI is InChI=1S/C11H19N3O/c1-5-8(3)13-11(15)10-7-12-14(6-2)9(10)4/h7-8H,5-6H2,1-4H3,(H,13,15). The Hall–Kier alpha value is -1.32. The van der Waals surface area contributed by atoms with E-state index in [0.29, 0.717) is 5.56 Å². The van der Waals surface area contributed by atoms with Crippen molar-refractivity contribution in [3.05, 3.63) is 17.5 Å². The molecule has 1 rings (SSSR count). The van der Waals surface area contributed by atoms with Gasteiger partial charge in [0, 0.05) is 18.3 Å². The van der Waals surface area contributed by atoms with Crippen LogP contribution < -0.4 is 5.32 Å². The predicted molar refractivity (Wildman–Crippen MR) is 59.9 cm³/mol. The van der Waals surface area contributed by atoms with Gasteiger partial charge in [0.15, 0.2) is 0 Å². The number of carbonyl (C=O) groups is 1. The Kier molecular flexibility index (Phi) is 3.88. The van der Waals surface area contributed by atoms with Crippen molar-refractivity contribution in [2.24, 2.45) is 0 Å². The number of nitrogens with one attached hydrogen (secondary N) is 1. The fourth-order valence-corrected chi connectivity index (χ4v) is 1.39. The molecular formula is C11H19N3O. The minimum Gasteiger partial charge on any atom is -0.349 e. The molecule has 1 amide bonds. The fraction of sp³-hybridized carbons (Fsp3) is 0.636. The zero-order valence-electron chi connectivity index (χ0n) is 9.87. The first-order valence-electron chi connectivity index (χ1n) is 5.43. The van der Waals surface area contributed by atoms with Gasteiger partial charge in [0.1, 0.15) is 0 Å². The van der Waals surface area contributed by atoms with Gasteiger partial charge < -0.3 is 5.32 Å². The summed E-state index contributed by atoms with van der Waals surface area (Å²) in [5.74, 6) is -0.0263. The third-order valence-corrected chi connectivity index (χ3v) is 2.64. The van der Waals surface area contributed by atoms with E-state index in [9.17, 15) is 4.79 Å². The van der Waals surface area contributed by atoms with Crippen molar-refractivity contribution in [1.82, 2.24) is 15.1 Å². The molecule has 0 fully saturated rings. The number of nitrogens with zero attached hydrogens (tertiary/aromatic N) is 2. The van der Waals surface area contributed by atoms with E-state index < -0.39 is 0 Å². The van der Waals surface area contributed by atoms with E-state index in [1.54, 1.807) is 6.20 Å². The molecule has 0 saturated heterocycles. The van der Waals surface area contributed by atoms with Gasteiger partial charge in [0.05, 0.1) is 11.8 Å². The van der Waals surface area contributed by atoms with E-state index in [2.05, 4.69) is 10.4 Å². The van der Waals surface area contributed by atoms with Crippen LogP contribution in [0.4, 0.5) is 0 Å². The molecule has 0 spiro atoms. The third kappa shape index (κ3) is 2.58. The molecular weight excluding hydrogens is 190 g/mol. The molecule has 1 N–H and O–H groups in total. The number of amides is 1. The molecule has 84 valence electrons. The van der Waals surface area contributed by atoms with E-state index >= 15 is 0 Å². The van der Waals surface area contributed by atoms with Crippen LogP contribution in [0.1, 0.15) is 43.2 Å². The molecule has 0 aliphatic carbocycles. The maximum Gasteiger partial charge on any atom is 0.254 e. The van der Waals surface area contributed by atoms with Gasteiger partial charge >= 0.3 is 0 Å². The van der Waals surface area contributed by atoms with E-state index in [-0.39, 0.29) is 11.9 Å². The van der Waals surface area contributed by atoms with Crippen LogP contribution in [-0.2, 0) is 6.54 Å². The van der Waals surface area contributed by atoms with Crippen molar-refractivity contribution < 1.29 is 4.79 Å². The van der Waals surface area contributed by atoms with Crippen molar-refractivity contribution in [3.63, 3.8) is 0 Å². The van der Waals surface area contributed by atoms with E-state index in [4.69, 9.17) is 0 Å². The Balaban J connectivity index is 2.78. The minimum atomic E-state index is -0.0263. The third-order valence-electron chi connectivity index (χ3n) is 2.64. The van der Waals surface area contributed by atoms with Gasteiger partial charge in [0.25, 0.3) is 5.91 Å². The van der Waals surface area contributed by atoms with Crippen LogP contribution in [0.15, 0.2) is 6.20 Å². The normalized spacial score (nSPS) is 12.5. The zero-order chi connectivity index (χ0) is 11.4. The van der Waals surface area contributed by atoms with E-state index in [1.807, 2.05) is 32.4 Å². The van der Waals surface area contributed by atoms with Crippen LogP contribution in [0.5, 0.6) is 0 Å². The van der Waals surface area contributed by atoms with Crippen LogP contribution in [-0.4, -0.2) is 21.7 Å². The lowest BCUT2D eigenvalue weighted by atomic mass is 10.2. The van der Waals surface area contributed by atoms with Gasteiger partial charge in [0.2, 0.25) is 0 Å². The molecule has 15 heavy (non-hydrogen) atoms. The van der Waals surface area contributed by atoms with Gasteiger partial charge in [-0.15, -0.1) is 0 Å². The molecule has 1 heterocycles. The number of rotatable bonds is 4. The van der Waals surface area contributed by atoms with Gasteiger partial charge in [-0.25, -0.2) is 0 Å². The van der Waals surface area contributed by atoms with Crippen LogP contribution in [0.2, 0.25) is 0 Å². The highest BCUT2D eigenvalue weighted by molar-refractivity contribution is 5.95. The van der Waals surface area contributed by atoms with Crippen molar-refractivity contribution in [2.75, 3.05) is 0 Å². The van der Waals surface area contributed by atoms with Gasteiger partial charge in [-0.05, 0) is 27.2 Å². The maximum absolute atomic E-state index is 11.8. The summed E-state index contributed by atoms with van der Waals surface area (Å²) >= 11 is 0. The van der Waals surface area contributed by atoms with Crippen molar-refractivity contribution >= 4 is 5.91 Å². The fourth-order valence-electron chi connectivity index (χ4n) is 1.39. The molecule has 1 unspecified atom stereocenters. The summed E-state index contributed by atoms with van der Waals surface area (Å²) in [4.78, 5) is 11.8. The quantitative estimate of drug-likeness (QED) is 0.821. The van der Waals surface area contributed by atoms with Gasteiger partial charge in [-0.2, -0.15) is 5.10 Å². The molecule has 0 radical (unpaired) electrons. The summed E-state index contributed by atoms with van der Waals surface area (Å²) in [7, 11) is 0. The molecule has 0 saturated carbocycles. The smallest absolute Gasteiger partial charge is 0.254 e. The average molecular weight is 209 g/mol. The second kappa shape index (κ2) is 4.96. The zero-order valence-corrected chi connectivity index (χ0v) is 9.87. The topological polar surface area (TPSA) is 46.9 Å². The Labute approximate surface area is 90.7 Å². The monoisotopic (exact) mass is 209 g/mol. The number of hydrogen-bond acceptors (Lipinski definition) is 2. The largest absolute Gasteiger partial charge is 0.349 e. The number of hydrogen-bond donors (Lipinski definition) is 1. The average Bonchev–Trinajstić information content (AvgIpc) is 2.59. The van der Waals surface area contributed by atoms with Crippen LogP contribution in [0, 0.1) is 6.92 Å². The first-order chi connectivity index (χ1) is 7.10. The van der Waals surface area contributed by atoms with Crippen LogP contribution in [0.3, 0.4) is 0 Å². The molecule has 0 aliphatic rings.